The highest BCUT2D eigenvalue weighted by Crippen LogP contribution is 2.65. The molecule has 11 heteroatoms. The molecule has 0 aromatic heterocycles. The third-order valence-electron chi connectivity index (χ3n) is 5.37. The molecule has 2 amide bonds. The molecule has 3 aromatic rings. The standard InChI is InChI=1S/C23H15Cl5FN3O2/c24-14-4-2-11(8-13(14)21(33)31-12-3-5-15(25)18(30)9-12)32-22(34)20-19(23(20,27)28)10-1-6-17(29)16(26)7-10/h1-9,19-20H,30H2,(H,31,33)(H,32,34)/t19-,20+/m0/s1. The second-order valence-corrected chi connectivity index (χ2v) is 10.3. The lowest BCUT2D eigenvalue weighted by Gasteiger charge is -2.11. The first-order chi connectivity index (χ1) is 16.0. The molecule has 0 aliphatic heterocycles. The van der Waals surface area contributed by atoms with Crippen LogP contribution in [0.4, 0.5) is 21.5 Å². The second kappa shape index (κ2) is 9.44. The summed E-state index contributed by atoms with van der Waals surface area (Å²) in [7, 11) is 0. The molecule has 5 nitrogen and oxygen atoms in total. The van der Waals surface area contributed by atoms with Crippen LogP contribution in [0.25, 0.3) is 0 Å². The number of benzene rings is 3. The van der Waals surface area contributed by atoms with E-state index >= 15 is 0 Å². The molecule has 0 spiro atoms. The topological polar surface area (TPSA) is 84.2 Å². The number of nitrogen functional groups attached to an aromatic ring is 1. The number of hydrogen-bond acceptors (Lipinski definition) is 3. The summed E-state index contributed by atoms with van der Waals surface area (Å²) in [6.45, 7) is 0. The first-order valence-electron chi connectivity index (χ1n) is 9.78. The van der Waals surface area contributed by atoms with Crippen LogP contribution in [0.5, 0.6) is 0 Å². The summed E-state index contributed by atoms with van der Waals surface area (Å²) in [6, 6.07) is 13.1. The van der Waals surface area contributed by atoms with Gasteiger partial charge < -0.3 is 16.4 Å². The summed E-state index contributed by atoms with van der Waals surface area (Å²) in [5.74, 6) is -2.98. The van der Waals surface area contributed by atoms with Gasteiger partial charge in [-0.2, -0.15) is 0 Å². The number of hydrogen-bond donors (Lipinski definition) is 3. The summed E-state index contributed by atoms with van der Waals surface area (Å²) in [4.78, 5) is 25.7. The molecule has 1 aliphatic carbocycles. The van der Waals surface area contributed by atoms with Crippen molar-refractivity contribution in [2.45, 2.75) is 10.3 Å². The predicted molar refractivity (Wildman–Crippen MR) is 136 cm³/mol. The smallest absolute Gasteiger partial charge is 0.257 e. The highest BCUT2D eigenvalue weighted by Gasteiger charge is 2.67. The van der Waals surface area contributed by atoms with Gasteiger partial charge in [0.2, 0.25) is 5.91 Å². The van der Waals surface area contributed by atoms with Crippen LogP contribution >= 0.6 is 58.0 Å². The zero-order valence-electron chi connectivity index (χ0n) is 17.0. The van der Waals surface area contributed by atoms with Crippen molar-refractivity contribution in [1.82, 2.24) is 0 Å². The van der Waals surface area contributed by atoms with E-state index in [-0.39, 0.29) is 15.6 Å². The van der Waals surface area contributed by atoms with Gasteiger partial charge in [0.1, 0.15) is 10.2 Å². The van der Waals surface area contributed by atoms with Crippen LogP contribution in [0.15, 0.2) is 54.6 Å². The Labute approximate surface area is 219 Å². The van der Waals surface area contributed by atoms with Crippen LogP contribution in [0, 0.1) is 11.7 Å². The van der Waals surface area contributed by atoms with Gasteiger partial charge in [-0.3, -0.25) is 9.59 Å². The van der Waals surface area contributed by atoms with Crippen LogP contribution < -0.4 is 16.4 Å². The largest absolute Gasteiger partial charge is 0.397 e. The van der Waals surface area contributed by atoms with E-state index < -0.39 is 33.8 Å². The van der Waals surface area contributed by atoms with Gasteiger partial charge in [0, 0.05) is 17.3 Å². The lowest BCUT2D eigenvalue weighted by atomic mass is 10.1. The summed E-state index contributed by atoms with van der Waals surface area (Å²) in [5, 5.41) is 5.81. The van der Waals surface area contributed by atoms with Crippen molar-refractivity contribution in [3.8, 4) is 0 Å². The summed E-state index contributed by atoms with van der Waals surface area (Å²) in [6.07, 6.45) is 0. The molecular formula is C23H15Cl5FN3O2. The van der Waals surface area contributed by atoms with Gasteiger partial charge in [-0.25, -0.2) is 4.39 Å². The molecule has 0 heterocycles. The van der Waals surface area contributed by atoms with E-state index in [1.165, 1.54) is 42.5 Å². The van der Waals surface area contributed by atoms with E-state index in [9.17, 15) is 14.0 Å². The fourth-order valence-electron chi connectivity index (χ4n) is 3.59. The van der Waals surface area contributed by atoms with Crippen molar-refractivity contribution < 1.29 is 14.0 Å². The zero-order valence-corrected chi connectivity index (χ0v) is 20.8. The minimum absolute atomic E-state index is 0.0940. The van der Waals surface area contributed by atoms with Crippen molar-refractivity contribution in [2.75, 3.05) is 16.4 Å². The normalized spacial score (nSPS) is 18.3. The van der Waals surface area contributed by atoms with Crippen molar-refractivity contribution in [3.05, 3.63) is 86.6 Å². The summed E-state index contributed by atoms with van der Waals surface area (Å²) < 4.78 is 12.1. The first kappa shape index (κ1) is 24.9. The van der Waals surface area contributed by atoms with Crippen molar-refractivity contribution >= 4 is 86.9 Å². The number of halogens is 6. The molecule has 0 bridgehead atoms. The Balaban J connectivity index is 1.50. The van der Waals surface area contributed by atoms with Crippen LogP contribution in [-0.4, -0.2) is 16.1 Å². The molecule has 3 aromatic carbocycles. The van der Waals surface area contributed by atoms with Crippen LogP contribution in [-0.2, 0) is 4.79 Å². The fourth-order valence-corrected chi connectivity index (χ4v) is 4.93. The number of anilines is 3. The Bertz CT molecular complexity index is 1320. The number of nitrogens with two attached hydrogens (primary N) is 1. The van der Waals surface area contributed by atoms with Crippen LogP contribution in [0.3, 0.4) is 0 Å². The van der Waals surface area contributed by atoms with E-state index in [0.717, 1.165) is 0 Å². The van der Waals surface area contributed by atoms with Gasteiger partial charge in [0.05, 0.1) is 32.2 Å². The number of carbonyl (C=O) groups is 2. The van der Waals surface area contributed by atoms with Crippen LogP contribution in [0.2, 0.25) is 15.1 Å². The van der Waals surface area contributed by atoms with Gasteiger partial charge in [-0.05, 0) is 54.1 Å². The third kappa shape index (κ3) is 4.92. The number of rotatable bonds is 5. The Hall–Kier alpha value is -2.22. The van der Waals surface area contributed by atoms with Crippen molar-refractivity contribution in [2.24, 2.45) is 5.92 Å². The maximum atomic E-state index is 13.5. The number of alkyl halides is 2. The van der Waals surface area contributed by atoms with Crippen molar-refractivity contribution in [3.63, 3.8) is 0 Å². The maximum Gasteiger partial charge on any atom is 0.257 e. The lowest BCUT2D eigenvalue weighted by molar-refractivity contribution is -0.117. The van der Waals surface area contributed by atoms with Gasteiger partial charge in [-0.15, -0.1) is 23.2 Å². The third-order valence-corrected chi connectivity index (χ3v) is 7.27. The molecule has 2 atom stereocenters. The Morgan fingerprint density at radius 1 is 0.853 bits per heavy atom. The molecule has 0 unspecified atom stereocenters. The zero-order chi connectivity index (χ0) is 24.8. The van der Waals surface area contributed by atoms with Crippen LogP contribution in [0.1, 0.15) is 21.8 Å². The minimum atomic E-state index is -1.40. The average Bonchev–Trinajstić information content (AvgIpc) is 3.36. The monoisotopic (exact) mass is 559 g/mol. The molecule has 34 heavy (non-hydrogen) atoms. The van der Waals surface area contributed by atoms with E-state index in [2.05, 4.69) is 10.6 Å². The molecule has 0 saturated heterocycles. The van der Waals surface area contributed by atoms with E-state index in [1.807, 2.05) is 0 Å². The maximum absolute atomic E-state index is 13.5. The molecule has 176 valence electrons. The van der Waals surface area contributed by atoms with Gasteiger partial charge >= 0.3 is 0 Å². The molecule has 1 aliphatic rings. The molecule has 1 fully saturated rings. The van der Waals surface area contributed by atoms with Gasteiger partial charge in [-0.1, -0.05) is 40.9 Å². The number of nitrogens with one attached hydrogen (secondary N) is 2. The Morgan fingerprint density at radius 2 is 1.50 bits per heavy atom. The minimum Gasteiger partial charge on any atom is -0.397 e. The number of carbonyl (C=O) groups excluding carboxylic acids is 2. The fraction of sp³-hybridized carbons (Fsp3) is 0.130. The van der Waals surface area contributed by atoms with Gasteiger partial charge in [0.25, 0.3) is 5.91 Å². The Morgan fingerprint density at radius 3 is 2.15 bits per heavy atom. The lowest BCUT2D eigenvalue weighted by Crippen LogP contribution is -2.18. The molecular weight excluding hydrogens is 547 g/mol. The van der Waals surface area contributed by atoms with E-state index in [1.54, 1.807) is 12.1 Å². The number of amides is 2. The van der Waals surface area contributed by atoms with Gasteiger partial charge in [0.15, 0.2) is 0 Å². The molecule has 4 rings (SSSR count). The molecule has 1 saturated carbocycles. The first-order valence-corrected chi connectivity index (χ1v) is 11.7. The molecule has 0 radical (unpaired) electrons. The SMILES string of the molecule is Nc1cc(NC(=O)c2cc(NC(=O)[C@H]3[C@H](c4ccc(F)c(Cl)c4)C3(Cl)Cl)ccc2Cl)ccc1Cl. The highest BCUT2D eigenvalue weighted by atomic mass is 35.5. The highest BCUT2D eigenvalue weighted by molar-refractivity contribution is 6.53. The second-order valence-electron chi connectivity index (χ2n) is 7.68. The molecule has 4 N–H and O–H groups in total. The van der Waals surface area contributed by atoms with E-state index in [0.29, 0.717) is 27.6 Å². The Kier molecular flexibility index (Phi) is 6.91. The quantitative estimate of drug-likeness (QED) is 0.229. The van der Waals surface area contributed by atoms with E-state index in [4.69, 9.17) is 63.7 Å². The summed E-state index contributed by atoms with van der Waals surface area (Å²) >= 11 is 30.6. The van der Waals surface area contributed by atoms with Crippen molar-refractivity contribution in [1.29, 1.82) is 0 Å². The summed E-state index contributed by atoms with van der Waals surface area (Å²) in [5.41, 5.74) is 7.45. The average molecular weight is 562 g/mol. The predicted octanol–water partition coefficient (Wildman–Crippen LogP) is 7.15.